The Morgan fingerprint density at radius 2 is 1.75 bits per heavy atom. The van der Waals surface area contributed by atoms with Crippen molar-refractivity contribution in [1.82, 2.24) is 0 Å². The minimum Gasteiger partial charge on any atom is -0.491 e. The molecule has 1 rings (SSSR count). The van der Waals surface area contributed by atoms with Gasteiger partial charge in [0, 0.05) is 7.11 Å². The van der Waals surface area contributed by atoms with Crippen LogP contribution in [0.5, 0.6) is 5.75 Å². The third-order valence-electron chi connectivity index (χ3n) is 2.26. The molecule has 3 nitrogen and oxygen atoms in total. The van der Waals surface area contributed by atoms with E-state index in [2.05, 4.69) is 19.1 Å². The van der Waals surface area contributed by atoms with Gasteiger partial charge in [0.15, 0.2) is 0 Å². The second-order valence-electron chi connectivity index (χ2n) is 3.72. The fourth-order valence-corrected chi connectivity index (χ4v) is 1.32. The molecule has 0 heterocycles. The van der Waals surface area contributed by atoms with Crippen molar-refractivity contribution >= 4 is 0 Å². The molecule has 0 radical (unpaired) electrons. The molecule has 0 unspecified atom stereocenters. The average Bonchev–Trinajstić information content (AvgIpc) is 2.28. The fourth-order valence-electron chi connectivity index (χ4n) is 1.32. The average molecular weight is 224 g/mol. The smallest absolute Gasteiger partial charge is 0.122 e. The molecule has 0 atom stereocenters. The Morgan fingerprint density at radius 1 is 1.00 bits per heavy atom. The van der Waals surface area contributed by atoms with Gasteiger partial charge in [0.25, 0.3) is 0 Å². The van der Waals surface area contributed by atoms with Crippen LogP contribution in [0, 0.1) is 13.8 Å². The summed E-state index contributed by atoms with van der Waals surface area (Å²) in [6.07, 6.45) is 0. The van der Waals surface area contributed by atoms with Gasteiger partial charge in [-0.25, -0.2) is 0 Å². The highest BCUT2D eigenvalue weighted by molar-refractivity contribution is 5.35. The van der Waals surface area contributed by atoms with E-state index in [1.165, 1.54) is 5.56 Å². The SMILES string of the molecule is COCCOCCOc1cc(C)ccc1C. The maximum Gasteiger partial charge on any atom is 0.122 e. The molecule has 0 N–H and O–H groups in total. The van der Waals surface area contributed by atoms with Crippen molar-refractivity contribution in [3.05, 3.63) is 29.3 Å². The van der Waals surface area contributed by atoms with Crippen molar-refractivity contribution in [2.45, 2.75) is 13.8 Å². The van der Waals surface area contributed by atoms with Crippen molar-refractivity contribution in [3.63, 3.8) is 0 Å². The molecule has 0 spiro atoms. The topological polar surface area (TPSA) is 27.7 Å². The summed E-state index contributed by atoms with van der Waals surface area (Å²) in [5.41, 5.74) is 2.36. The van der Waals surface area contributed by atoms with Crippen LogP contribution in [0.4, 0.5) is 0 Å². The molecule has 0 saturated heterocycles. The molecule has 0 amide bonds. The minimum atomic E-state index is 0.577. The number of hydrogen-bond acceptors (Lipinski definition) is 3. The van der Waals surface area contributed by atoms with Gasteiger partial charge in [-0.05, 0) is 31.0 Å². The third kappa shape index (κ3) is 4.64. The Balaban J connectivity index is 2.23. The van der Waals surface area contributed by atoms with E-state index in [1.807, 2.05) is 13.0 Å². The molecule has 0 fully saturated rings. The number of rotatable bonds is 7. The van der Waals surface area contributed by atoms with E-state index in [4.69, 9.17) is 14.2 Å². The minimum absolute atomic E-state index is 0.577. The molecule has 0 aliphatic rings. The van der Waals surface area contributed by atoms with E-state index in [0.29, 0.717) is 26.4 Å². The standard InChI is InChI=1S/C13H20O3/c1-11-4-5-12(2)13(10-11)16-9-8-15-7-6-14-3/h4-5,10H,6-9H2,1-3H3. The highest BCUT2D eigenvalue weighted by Crippen LogP contribution is 2.18. The van der Waals surface area contributed by atoms with Crippen LogP contribution in [0.1, 0.15) is 11.1 Å². The van der Waals surface area contributed by atoms with Crippen molar-refractivity contribution in [2.75, 3.05) is 33.5 Å². The predicted octanol–water partition coefficient (Wildman–Crippen LogP) is 2.35. The maximum absolute atomic E-state index is 5.63. The lowest BCUT2D eigenvalue weighted by Gasteiger charge is -2.10. The van der Waals surface area contributed by atoms with Gasteiger partial charge in [0.1, 0.15) is 12.4 Å². The van der Waals surface area contributed by atoms with Crippen LogP contribution in [0.15, 0.2) is 18.2 Å². The Morgan fingerprint density at radius 3 is 2.50 bits per heavy atom. The summed E-state index contributed by atoms with van der Waals surface area (Å²) in [6, 6.07) is 6.19. The van der Waals surface area contributed by atoms with Gasteiger partial charge in [0.05, 0.1) is 19.8 Å². The largest absolute Gasteiger partial charge is 0.491 e. The van der Waals surface area contributed by atoms with Gasteiger partial charge in [-0.3, -0.25) is 0 Å². The summed E-state index contributed by atoms with van der Waals surface area (Å²) < 4.78 is 15.8. The quantitative estimate of drug-likeness (QED) is 0.665. The van der Waals surface area contributed by atoms with Crippen LogP contribution in [0.2, 0.25) is 0 Å². The molecule has 0 saturated carbocycles. The van der Waals surface area contributed by atoms with Gasteiger partial charge in [-0.2, -0.15) is 0 Å². The second-order valence-corrected chi connectivity index (χ2v) is 3.72. The number of ether oxygens (including phenoxy) is 3. The van der Waals surface area contributed by atoms with Crippen LogP contribution in [-0.4, -0.2) is 33.5 Å². The van der Waals surface area contributed by atoms with Crippen LogP contribution in [0.3, 0.4) is 0 Å². The van der Waals surface area contributed by atoms with Crippen LogP contribution in [-0.2, 0) is 9.47 Å². The molecule has 0 aliphatic heterocycles. The van der Waals surface area contributed by atoms with Gasteiger partial charge >= 0.3 is 0 Å². The van der Waals surface area contributed by atoms with Gasteiger partial charge in [-0.15, -0.1) is 0 Å². The zero-order valence-corrected chi connectivity index (χ0v) is 10.3. The van der Waals surface area contributed by atoms with Gasteiger partial charge in [-0.1, -0.05) is 12.1 Å². The lowest BCUT2D eigenvalue weighted by molar-refractivity contribution is 0.0543. The molecule has 1 aromatic rings. The Bertz CT molecular complexity index is 310. The lowest BCUT2D eigenvalue weighted by Crippen LogP contribution is -2.10. The van der Waals surface area contributed by atoms with Crippen LogP contribution >= 0.6 is 0 Å². The summed E-state index contributed by atoms with van der Waals surface area (Å²) in [5, 5.41) is 0. The third-order valence-corrected chi connectivity index (χ3v) is 2.26. The summed E-state index contributed by atoms with van der Waals surface area (Å²) in [4.78, 5) is 0. The number of methoxy groups -OCH3 is 1. The Kier molecular flexibility index (Phi) is 5.90. The highest BCUT2D eigenvalue weighted by Gasteiger charge is 1.99. The van der Waals surface area contributed by atoms with E-state index in [0.717, 1.165) is 11.3 Å². The van der Waals surface area contributed by atoms with E-state index >= 15 is 0 Å². The summed E-state index contributed by atoms with van der Waals surface area (Å²) in [6.45, 7) is 6.52. The normalized spacial score (nSPS) is 10.4. The molecular formula is C13H20O3. The number of hydrogen-bond donors (Lipinski definition) is 0. The zero-order valence-electron chi connectivity index (χ0n) is 10.3. The lowest BCUT2D eigenvalue weighted by atomic mass is 10.1. The molecule has 16 heavy (non-hydrogen) atoms. The molecule has 90 valence electrons. The first-order chi connectivity index (χ1) is 7.74. The van der Waals surface area contributed by atoms with Gasteiger partial charge < -0.3 is 14.2 Å². The molecule has 0 bridgehead atoms. The van der Waals surface area contributed by atoms with Crippen LogP contribution in [0.25, 0.3) is 0 Å². The predicted molar refractivity (Wildman–Crippen MR) is 64.1 cm³/mol. The fraction of sp³-hybridized carbons (Fsp3) is 0.538. The van der Waals surface area contributed by atoms with E-state index in [9.17, 15) is 0 Å². The van der Waals surface area contributed by atoms with Gasteiger partial charge in [0.2, 0.25) is 0 Å². The monoisotopic (exact) mass is 224 g/mol. The molecule has 1 aromatic carbocycles. The van der Waals surface area contributed by atoms with Crippen molar-refractivity contribution < 1.29 is 14.2 Å². The van der Waals surface area contributed by atoms with E-state index < -0.39 is 0 Å². The summed E-state index contributed by atoms with van der Waals surface area (Å²) in [7, 11) is 1.66. The van der Waals surface area contributed by atoms with Crippen LogP contribution < -0.4 is 4.74 Å². The van der Waals surface area contributed by atoms with E-state index in [-0.39, 0.29) is 0 Å². The first-order valence-electron chi connectivity index (χ1n) is 5.51. The molecular weight excluding hydrogens is 204 g/mol. The van der Waals surface area contributed by atoms with Crippen molar-refractivity contribution in [1.29, 1.82) is 0 Å². The number of aryl methyl sites for hydroxylation is 2. The zero-order chi connectivity index (χ0) is 11.8. The first-order valence-corrected chi connectivity index (χ1v) is 5.51. The molecule has 0 aromatic heterocycles. The van der Waals surface area contributed by atoms with Crippen molar-refractivity contribution in [2.24, 2.45) is 0 Å². The molecule has 3 heteroatoms. The molecule has 0 aliphatic carbocycles. The van der Waals surface area contributed by atoms with Crippen molar-refractivity contribution in [3.8, 4) is 5.75 Å². The highest BCUT2D eigenvalue weighted by atomic mass is 16.5. The van der Waals surface area contributed by atoms with E-state index in [1.54, 1.807) is 7.11 Å². The Hall–Kier alpha value is -1.06. The summed E-state index contributed by atoms with van der Waals surface area (Å²) >= 11 is 0. The summed E-state index contributed by atoms with van der Waals surface area (Å²) in [5.74, 6) is 0.940. The Labute approximate surface area is 97.3 Å². The second kappa shape index (κ2) is 7.25. The number of benzene rings is 1. The first kappa shape index (κ1) is 13.0. The maximum atomic E-state index is 5.63.